The van der Waals surface area contributed by atoms with Gasteiger partial charge in [0.2, 0.25) is 0 Å². The molecular weight excluding hydrogens is 471 g/mol. The van der Waals surface area contributed by atoms with Crippen molar-refractivity contribution in [2.45, 2.75) is 43.3 Å². The van der Waals surface area contributed by atoms with Crippen LogP contribution in [0.1, 0.15) is 35.2 Å². The van der Waals surface area contributed by atoms with E-state index in [1.165, 1.54) is 17.2 Å². The Hall–Kier alpha value is -1.60. The number of thiazole rings is 1. The molecule has 1 fully saturated rings. The standard InChI is InChI=1S/C23H24Cl2N2O2S2/c1-15-3-5-17(6-4-15)12-18-14-30-23(26-18)27-9-7-19(8-10-27)31(28,29)22-11-16(2)20(24)13-21(22)25/h3-6,11,13-14,19H,7-10,12H2,1-2H3. The molecule has 2 aromatic carbocycles. The lowest BCUT2D eigenvalue weighted by molar-refractivity contribution is 0.529. The molecule has 0 amide bonds. The van der Waals surface area contributed by atoms with Crippen LogP contribution in [0.2, 0.25) is 10.0 Å². The zero-order valence-corrected chi connectivity index (χ0v) is 20.6. The van der Waals surface area contributed by atoms with Gasteiger partial charge in [0.05, 0.1) is 20.9 Å². The predicted octanol–water partition coefficient (Wildman–Crippen LogP) is 6.10. The third-order valence-corrected chi connectivity index (χ3v) is 9.80. The average Bonchev–Trinajstić information content (AvgIpc) is 3.21. The summed E-state index contributed by atoms with van der Waals surface area (Å²) in [6.07, 6.45) is 1.90. The van der Waals surface area contributed by atoms with Crippen LogP contribution in [0.4, 0.5) is 5.13 Å². The van der Waals surface area contributed by atoms with Gasteiger partial charge in [-0.2, -0.15) is 0 Å². The molecule has 0 saturated carbocycles. The number of aryl methyl sites for hydroxylation is 2. The molecule has 0 bridgehead atoms. The Morgan fingerprint density at radius 2 is 1.74 bits per heavy atom. The van der Waals surface area contributed by atoms with Gasteiger partial charge in [-0.1, -0.05) is 53.0 Å². The van der Waals surface area contributed by atoms with Crippen molar-refractivity contribution in [3.8, 4) is 0 Å². The molecule has 4 nitrogen and oxygen atoms in total. The van der Waals surface area contributed by atoms with Gasteiger partial charge in [-0.3, -0.25) is 0 Å². The van der Waals surface area contributed by atoms with Gasteiger partial charge in [-0.25, -0.2) is 13.4 Å². The number of sulfone groups is 1. The van der Waals surface area contributed by atoms with Crippen molar-refractivity contribution in [1.29, 1.82) is 0 Å². The third-order valence-electron chi connectivity index (χ3n) is 5.72. The Bertz CT molecular complexity index is 1180. The summed E-state index contributed by atoms with van der Waals surface area (Å²) in [5, 5.41) is 3.27. The van der Waals surface area contributed by atoms with Crippen LogP contribution >= 0.6 is 34.5 Å². The van der Waals surface area contributed by atoms with Crippen LogP contribution in [-0.2, 0) is 16.3 Å². The van der Waals surface area contributed by atoms with E-state index in [-0.39, 0.29) is 9.92 Å². The highest BCUT2D eigenvalue weighted by Gasteiger charge is 2.33. The normalized spacial score (nSPS) is 15.4. The zero-order chi connectivity index (χ0) is 22.2. The molecular formula is C23H24Cl2N2O2S2. The number of hydrogen-bond donors (Lipinski definition) is 0. The van der Waals surface area contributed by atoms with Crippen LogP contribution in [0.15, 0.2) is 46.7 Å². The van der Waals surface area contributed by atoms with Crippen molar-refractivity contribution in [3.05, 3.63) is 74.2 Å². The number of anilines is 1. The molecule has 164 valence electrons. The second-order valence-electron chi connectivity index (χ2n) is 8.05. The summed E-state index contributed by atoms with van der Waals surface area (Å²) in [5.41, 5.74) is 4.24. The molecule has 1 saturated heterocycles. The van der Waals surface area contributed by atoms with Gasteiger partial charge in [0.25, 0.3) is 0 Å². The van der Waals surface area contributed by atoms with Gasteiger partial charge in [0, 0.05) is 29.9 Å². The SMILES string of the molecule is Cc1ccc(Cc2csc(N3CCC(S(=O)(=O)c4cc(C)c(Cl)cc4Cl)CC3)n2)cc1. The number of hydrogen-bond acceptors (Lipinski definition) is 5. The first-order chi connectivity index (χ1) is 14.7. The number of piperidine rings is 1. The number of benzene rings is 2. The van der Waals surface area contributed by atoms with Crippen LogP contribution in [0.25, 0.3) is 0 Å². The van der Waals surface area contributed by atoms with Crippen molar-refractivity contribution in [1.82, 2.24) is 4.98 Å². The molecule has 0 unspecified atom stereocenters. The maximum absolute atomic E-state index is 13.2. The minimum Gasteiger partial charge on any atom is -0.348 e. The van der Waals surface area contributed by atoms with Gasteiger partial charge in [0.15, 0.2) is 15.0 Å². The van der Waals surface area contributed by atoms with E-state index in [0.717, 1.165) is 17.2 Å². The monoisotopic (exact) mass is 494 g/mol. The molecule has 0 N–H and O–H groups in total. The molecule has 31 heavy (non-hydrogen) atoms. The number of aromatic nitrogens is 1. The van der Waals surface area contributed by atoms with E-state index in [2.05, 4.69) is 41.5 Å². The number of nitrogens with zero attached hydrogens (tertiary/aromatic N) is 2. The first-order valence-corrected chi connectivity index (χ1v) is 13.4. The van der Waals surface area contributed by atoms with Crippen molar-refractivity contribution in [2.24, 2.45) is 0 Å². The van der Waals surface area contributed by atoms with Crippen molar-refractivity contribution in [2.75, 3.05) is 18.0 Å². The Balaban J connectivity index is 1.42. The molecule has 0 spiro atoms. The third kappa shape index (κ3) is 4.92. The lowest BCUT2D eigenvalue weighted by Gasteiger charge is -2.31. The lowest BCUT2D eigenvalue weighted by Crippen LogP contribution is -2.39. The Kier molecular flexibility index (Phi) is 6.63. The molecule has 1 aromatic heterocycles. The maximum Gasteiger partial charge on any atom is 0.185 e. The Labute approximate surface area is 197 Å². The van der Waals surface area contributed by atoms with E-state index in [4.69, 9.17) is 28.2 Å². The Morgan fingerprint density at radius 3 is 2.42 bits per heavy atom. The summed E-state index contributed by atoms with van der Waals surface area (Å²) in [6.45, 7) is 5.19. The van der Waals surface area contributed by atoms with Gasteiger partial charge in [-0.05, 0) is 49.9 Å². The van der Waals surface area contributed by atoms with Crippen LogP contribution in [0.3, 0.4) is 0 Å². The van der Waals surface area contributed by atoms with Crippen LogP contribution < -0.4 is 4.90 Å². The largest absolute Gasteiger partial charge is 0.348 e. The van der Waals surface area contributed by atoms with Crippen LogP contribution in [0, 0.1) is 13.8 Å². The maximum atomic E-state index is 13.2. The highest BCUT2D eigenvalue weighted by molar-refractivity contribution is 7.92. The number of rotatable bonds is 5. The van der Waals surface area contributed by atoms with Crippen molar-refractivity contribution >= 4 is 49.5 Å². The van der Waals surface area contributed by atoms with E-state index in [9.17, 15) is 8.42 Å². The smallest absolute Gasteiger partial charge is 0.185 e. The van der Waals surface area contributed by atoms with E-state index in [0.29, 0.717) is 36.5 Å². The molecule has 0 aliphatic carbocycles. The summed E-state index contributed by atoms with van der Waals surface area (Å²) in [5.74, 6) is 0. The summed E-state index contributed by atoms with van der Waals surface area (Å²) < 4.78 is 26.4. The molecule has 4 rings (SSSR count). The first-order valence-electron chi connectivity index (χ1n) is 10.2. The topological polar surface area (TPSA) is 50.3 Å². The zero-order valence-electron chi connectivity index (χ0n) is 17.4. The van der Waals surface area contributed by atoms with Crippen molar-refractivity contribution in [3.63, 3.8) is 0 Å². The van der Waals surface area contributed by atoms with Crippen LogP contribution in [0.5, 0.6) is 0 Å². The lowest BCUT2D eigenvalue weighted by atomic mass is 10.1. The molecule has 0 radical (unpaired) electrons. The average molecular weight is 495 g/mol. The summed E-state index contributed by atoms with van der Waals surface area (Å²) in [6, 6.07) is 11.6. The van der Waals surface area contributed by atoms with E-state index in [1.54, 1.807) is 24.3 Å². The molecule has 1 aliphatic heterocycles. The molecule has 3 aromatic rings. The van der Waals surface area contributed by atoms with Gasteiger partial charge < -0.3 is 4.90 Å². The minimum atomic E-state index is -3.51. The summed E-state index contributed by atoms with van der Waals surface area (Å²) >= 11 is 13.9. The fourth-order valence-corrected chi connectivity index (χ4v) is 7.27. The first kappa shape index (κ1) is 22.6. The van der Waals surface area contributed by atoms with Crippen LogP contribution in [-0.4, -0.2) is 31.7 Å². The predicted molar refractivity (Wildman–Crippen MR) is 130 cm³/mol. The second kappa shape index (κ2) is 9.10. The van der Waals surface area contributed by atoms with E-state index in [1.807, 2.05) is 0 Å². The minimum absolute atomic E-state index is 0.184. The quantitative estimate of drug-likeness (QED) is 0.429. The van der Waals surface area contributed by atoms with Crippen molar-refractivity contribution < 1.29 is 8.42 Å². The Morgan fingerprint density at radius 1 is 1.06 bits per heavy atom. The molecule has 8 heteroatoms. The number of halogens is 2. The highest BCUT2D eigenvalue weighted by atomic mass is 35.5. The highest BCUT2D eigenvalue weighted by Crippen LogP contribution is 2.34. The molecule has 2 heterocycles. The van der Waals surface area contributed by atoms with E-state index >= 15 is 0 Å². The second-order valence-corrected chi connectivity index (χ2v) is 11.9. The molecule has 1 aliphatic rings. The summed E-state index contributed by atoms with van der Waals surface area (Å²) in [7, 11) is -3.51. The van der Waals surface area contributed by atoms with Gasteiger partial charge in [0.1, 0.15) is 0 Å². The molecule has 0 atom stereocenters. The van der Waals surface area contributed by atoms with Gasteiger partial charge in [-0.15, -0.1) is 11.3 Å². The van der Waals surface area contributed by atoms with Gasteiger partial charge >= 0.3 is 0 Å². The fourth-order valence-electron chi connectivity index (χ4n) is 3.82. The summed E-state index contributed by atoms with van der Waals surface area (Å²) in [4.78, 5) is 7.16. The fraction of sp³-hybridized carbons (Fsp3) is 0.348. The van der Waals surface area contributed by atoms with E-state index < -0.39 is 15.1 Å².